The molecule has 9 nitrogen and oxygen atoms in total. The molecule has 1 aromatic heterocycles. The molecular weight excluding hydrogens is 534 g/mol. The molecule has 2 rings (SSSR count). The lowest BCUT2D eigenvalue weighted by Gasteiger charge is -2.19. The van der Waals surface area contributed by atoms with Gasteiger partial charge in [-0.05, 0) is 25.0 Å². The maximum Gasteiger partial charge on any atom is 0.416 e. The van der Waals surface area contributed by atoms with E-state index in [1.165, 1.54) is 90.4 Å². The van der Waals surface area contributed by atoms with Crippen LogP contribution < -0.4 is 5.32 Å². The van der Waals surface area contributed by atoms with Gasteiger partial charge in [0.05, 0.1) is 31.6 Å². The number of amides is 3. The second-order valence-electron chi connectivity index (χ2n) is 11.5. The Kier molecular flexibility index (Phi) is 19.3. The van der Waals surface area contributed by atoms with Gasteiger partial charge in [0.15, 0.2) is 0 Å². The molecule has 0 bridgehead atoms. The molecule has 0 saturated carbocycles. The normalized spacial score (nSPS) is 16.2. The molecule has 1 aromatic rings. The number of unbranched alkanes of at least 4 members (excludes halogenated alkanes) is 14. The molecule has 42 heavy (non-hydrogen) atoms. The third-order valence-corrected chi connectivity index (χ3v) is 7.70. The zero-order valence-electron chi connectivity index (χ0n) is 26.2. The third kappa shape index (κ3) is 16.7. The molecule has 1 aliphatic heterocycles. The van der Waals surface area contributed by atoms with Crippen molar-refractivity contribution in [2.75, 3.05) is 26.4 Å². The maximum absolute atomic E-state index is 12.5. The molecule has 0 radical (unpaired) electrons. The Bertz CT molecular complexity index is 869. The van der Waals surface area contributed by atoms with Gasteiger partial charge in [0.2, 0.25) is 5.91 Å². The van der Waals surface area contributed by atoms with Crippen LogP contribution in [0.3, 0.4) is 0 Å². The number of imide groups is 1. The SMILES string of the molecule is CCCCCCCCCCCCCCCCCNC(=O)OC[C@H]1CO[C@H](COC(=O)N(Cc2ccccn2)C(C)=O)C1. The van der Waals surface area contributed by atoms with E-state index in [4.69, 9.17) is 14.2 Å². The summed E-state index contributed by atoms with van der Waals surface area (Å²) in [5, 5.41) is 2.83. The number of ether oxygens (including phenoxy) is 3. The van der Waals surface area contributed by atoms with E-state index in [9.17, 15) is 14.4 Å². The van der Waals surface area contributed by atoms with Crippen LogP contribution >= 0.6 is 0 Å². The topological polar surface area (TPSA) is 107 Å². The van der Waals surface area contributed by atoms with Gasteiger partial charge >= 0.3 is 12.2 Å². The predicted molar refractivity (Wildman–Crippen MR) is 164 cm³/mol. The number of rotatable bonds is 22. The van der Waals surface area contributed by atoms with E-state index in [1.54, 1.807) is 24.4 Å². The van der Waals surface area contributed by atoms with Crippen molar-refractivity contribution < 1.29 is 28.6 Å². The van der Waals surface area contributed by atoms with Crippen molar-refractivity contribution >= 4 is 18.1 Å². The van der Waals surface area contributed by atoms with Gasteiger partial charge in [-0.3, -0.25) is 9.78 Å². The van der Waals surface area contributed by atoms with Crippen molar-refractivity contribution in [1.82, 2.24) is 15.2 Å². The van der Waals surface area contributed by atoms with Crippen molar-refractivity contribution in [2.45, 2.75) is 129 Å². The van der Waals surface area contributed by atoms with Gasteiger partial charge < -0.3 is 19.5 Å². The summed E-state index contributed by atoms with van der Waals surface area (Å²) < 4.78 is 16.4. The maximum atomic E-state index is 12.5. The largest absolute Gasteiger partial charge is 0.449 e. The average molecular weight is 590 g/mol. The van der Waals surface area contributed by atoms with E-state index in [0.29, 0.717) is 25.3 Å². The first kappa shape index (κ1) is 35.5. The quantitative estimate of drug-likeness (QED) is 0.139. The van der Waals surface area contributed by atoms with Crippen LogP contribution in [0.15, 0.2) is 24.4 Å². The minimum atomic E-state index is -0.727. The lowest BCUT2D eigenvalue weighted by Crippen LogP contribution is -2.36. The fraction of sp³-hybridized carbons (Fsp3) is 0.758. The highest BCUT2D eigenvalue weighted by atomic mass is 16.6. The van der Waals surface area contributed by atoms with Crippen LogP contribution in [0.5, 0.6) is 0 Å². The number of hydrogen-bond donors (Lipinski definition) is 1. The zero-order chi connectivity index (χ0) is 30.3. The Hall–Kier alpha value is -2.68. The molecule has 0 spiro atoms. The zero-order valence-corrected chi connectivity index (χ0v) is 26.2. The Morgan fingerprint density at radius 1 is 0.881 bits per heavy atom. The van der Waals surface area contributed by atoms with E-state index < -0.39 is 18.1 Å². The van der Waals surface area contributed by atoms with Crippen LogP contribution in [0.4, 0.5) is 9.59 Å². The second-order valence-corrected chi connectivity index (χ2v) is 11.5. The van der Waals surface area contributed by atoms with Crippen molar-refractivity contribution in [2.24, 2.45) is 5.92 Å². The van der Waals surface area contributed by atoms with E-state index >= 15 is 0 Å². The van der Waals surface area contributed by atoms with Gasteiger partial charge in [0.1, 0.15) is 6.61 Å². The Morgan fingerprint density at radius 2 is 1.50 bits per heavy atom. The monoisotopic (exact) mass is 589 g/mol. The van der Waals surface area contributed by atoms with Crippen LogP contribution in [0.1, 0.15) is 122 Å². The second kappa shape index (κ2) is 22.9. The van der Waals surface area contributed by atoms with Gasteiger partial charge in [0, 0.05) is 25.6 Å². The average Bonchev–Trinajstić information content (AvgIpc) is 3.45. The van der Waals surface area contributed by atoms with Gasteiger partial charge in [-0.15, -0.1) is 0 Å². The summed E-state index contributed by atoms with van der Waals surface area (Å²) in [7, 11) is 0. The predicted octanol–water partition coefficient (Wildman–Crippen LogP) is 7.57. The molecule has 0 aromatic carbocycles. The van der Waals surface area contributed by atoms with Crippen LogP contribution in [0.2, 0.25) is 0 Å². The molecule has 1 aliphatic rings. The number of carbonyl (C=O) groups is 3. The fourth-order valence-electron chi connectivity index (χ4n) is 5.14. The smallest absolute Gasteiger partial charge is 0.416 e. The van der Waals surface area contributed by atoms with Crippen molar-refractivity contribution in [3.63, 3.8) is 0 Å². The van der Waals surface area contributed by atoms with Crippen molar-refractivity contribution in [3.8, 4) is 0 Å². The molecule has 9 heteroatoms. The number of alkyl carbamates (subject to hydrolysis) is 1. The summed E-state index contributed by atoms with van der Waals surface area (Å²) in [5.41, 5.74) is 0.594. The van der Waals surface area contributed by atoms with Crippen LogP contribution in [-0.2, 0) is 25.5 Å². The minimum absolute atomic E-state index is 0.0344. The fourth-order valence-corrected chi connectivity index (χ4v) is 5.14. The van der Waals surface area contributed by atoms with E-state index in [2.05, 4.69) is 17.2 Å². The summed E-state index contributed by atoms with van der Waals surface area (Å²) in [6.45, 7) is 4.98. The summed E-state index contributed by atoms with van der Waals surface area (Å²) >= 11 is 0. The number of nitrogens with zero attached hydrogens (tertiary/aromatic N) is 2. The number of hydrogen-bond acceptors (Lipinski definition) is 7. The van der Waals surface area contributed by atoms with Crippen LogP contribution in [0.25, 0.3) is 0 Å². The molecule has 1 saturated heterocycles. The first-order valence-electron chi connectivity index (χ1n) is 16.4. The van der Waals surface area contributed by atoms with E-state index in [0.717, 1.165) is 17.7 Å². The highest BCUT2D eigenvalue weighted by molar-refractivity contribution is 5.90. The van der Waals surface area contributed by atoms with Gasteiger partial charge in [0.25, 0.3) is 0 Å². The van der Waals surface area contributed by atoms with Gasteiger partial charge in [-0.2, -0.15) is 0 Å². The highest BCUT2D eigenvalue weighted by Crippen LogP contribution is 2.21. The molecule has 2 heterocycles. The molecule has 1 N–H and O–H groups in total. The molecule has 0 unspecified atom stereocenters. The molecule has 2 atom stereocenters. The first-order valence-corrected chi connectivity index (χ1v) is 16.4. The van der Waals surface area contributed by atoms with Gasteiger partial charge in [-0.25, -0.2) is 14.5 Å². The minimum Gasteiger partial charge on any atom is -0.449 e. The van der Waals surface area contributed by atoms with Crippen LogP contribution in [-0.4, -0.2) is 60.4 Å². The summed E-state index contributed by atoms with van der Waals surface area (Å²) in [6, 6.07) is 5.30. The van der Waals surface area contributed by atoms with E-state index in [-0.39, 0.29) is 31.8 Å². The number of nitrogens with one attached hydrogen (secondary N) is 1. The van der Waals surface area contributed by atoms with Gasteiger partial charge in [-0.1, -0.05) is 103 Å². The first-order chi connectivity index (χ1) is 20.5. The molecule has 1 fully saturated rings. The van der Waals surface area contributed by atoms with E-state index in [1.807, 2.05) is 0 Å². The van der Waals surface area contributed by atoms with Crippen molar-refractivity contribution in [1.29, 1.82) is 0 Å². The number of pyridine rings is 1. The molecule has 3 amide bonds. The number of carbonyl (C=O) groups excluding carboxylic acids is 3. The van der Waals surface area contributed by atoms with Crippen molar-refractivity contribution in [3.05, 3.63) is 30.1 Å². The molecule has 238 valence electrons. The van der Waals surface area contributed by atoms with Crippen LogP contribution in [0, 0.1) is 5.92 Å². The lowest BCUT2D eigenvalue weighted by atomic mass is 10.0. The summed E-state index contributed by atoms with van der Waals surface area (Å²) in [5.74, 6) is -0.373. The Labute approximate surface area is 253 Å². The Balaban J connectivity index is 1.41. The number of aromatic nitrogens is 1. The standard InChI is InChI=1S/C33H55N3O6/c1-3-4-5-6-7-8-9-10-11-12-13-14-15-16-18-22-35-32(38)41-26-29-23-31(40-25-29)27-42-33(39)36(28(2)37)24-30-20-17-19-21-34-30/h17,19-21,29,31H,3-16,18,22-27H2,1-2H3,(H,35,38)/t29-,31+/m1/s1. The summed E-state index contributed by atoms with van der Waals surface area (Å²) in [4.78, 5) is 41.6. The summed E-state index contributed by atoms with van der Waals surface area (Å²) in [6.07, 6.45) is 20.5. The Morgan fingerprint density at radius 3 is 2.07 bits per heavy atom. The highest BCUT2D eigenvalue weighted by Gasteiger charge is 2.29. The molecular formula is C33H55N3O6. The lowest BCUT2D eigenvalue weighted by molar-refractivity contribution is -0.128. The molecule has 0 aliphatic carbocycles. The third-order valence-electron chi connectivity index (χ3n) is 7.70.